The molecule has 26 heavy (non-hydrogen) atoms. The Labute approximate surface area is 154 Å². The number of nitrogens with one attached hydrogen (secondary N) is 1. The fourth-order valence-corrected chi connectivity index (χ4v) is 2.99. The number of amides is 1. The van der Waals surface area contributed by atoms with Crippen LogP contribution >= 0.6 is 0 Å². The second-order valence-corrected chi connectivity index (χ2v) is 6.58. The van der Waals surface area contributed by atoms with Crippen LogP contribution in [-0.4, -0.2) is 44.2 Å². The van der Waals surface area contributed by atoms with E-state index in [9.17, 15) is 4.79 Å². The number of rotatable bonds is 7. The fourth-order valence-electron chi connectivity index (χ4n) is 2.99. The molecule has 0 radical (unpaired) electrons. The summed E-state index contributed by atoms with van der Waals surface area (Å²) in [6, 6.07) is 16.3. The van der Waals surface area contributed by atoms with Crippen LogP contribution in [-0.2, 0) is 11.2 Å². The number of hydrogen-bond acceptors (Lipinski definition) is 4. The second-order valence-electron chi connectivity index (χ2n) is 6.58. The van der Waals surface area contributed by atoms with E-state index in [-0.39, 0.29) is 11.9 Å². The van der Waals surface area contributed by atoms with Gasteiger partial charge in [-0.1, -0.05) is 36.4 Å². The lowest BCUT2D eigenvalue weighted by molar-refractivity contribution is -0.122. The molecule has 5 heteroatoms. The van der Waals surface area contributed by atoms with E-state index < -0.39 is 0 Å². The van der Waals surface area contributed by atoms with E-state index in [2.05, 4.69) is 29.3 Å². The van der Waals surface area contributed by atoms with E-state index in [1.807, 2.05) is 43.4 Å². The lowest BCUT2D eigenvalue weighted by Gasteiger charge is -2.24. The normalized spacial score (nSPS) is 14.1. The van der Waals surface area contributed by atoms with Crippen molar-refractivity contribution in [2.75, 3.05) is 33.4 Å². The zero-order valence-corrected chi connectivity index (χ0v) is 15.4. The summed E-state index contributed by atoms with van der Waals surface area (Å²) < 4.78 is 11.1. The standard InChI is InChI=1S/C21H26N2O3/c1-16(18-6-4-3-5-7-18)23(2)15-21(24)22-11-10-17-8-9-19-20(14-17)26-13-12-25-19/h3-9,14,16H,10-13,15H2,1-2H3,(H,22,24). The average Bonchev–Trinajstić information content (AvgIpc) is 2.68. The van der Waals surface area contributed by atoms with Crippen LogP contribution < -0.4 is 14.8 Å². The molecule has 0 saturated heterocycles. The third-order valence-electron chi connectivity index (χ3n) is 4.68. The van der Waals surface area contributed by atoms with E-state index in [1.54, 1.807) is 0 Å². The first-order chi connectivity index (χ1) is 12.6. The molecular weight excluding hydrogens is 328 g/mol. The summed E-state index contributed by atoms with van der Waals surface area (Å²) in [5.74, 6) is 1.62. The topological polar surface area (TPSA) is 50.8 Å². The Morgan fingerprint density at radius 3 is 2.62 bits per heavy atom. The number of nitrogens with zero attached hydrogens (tertiary/aromatic N) is 1. The summed E-state index contributed by atoms with van der Waals surface area (Å²) in [6.07, 6.45) is 0.764. The summed E-state index contributed by atoms with van der Waals surface area (Å²) >= 11 is 0. The molecular formula is C21H26N2O3. The monoisotopic (exact) mass is 354 g/mol. The molecule has 0 aromatic heterocycles. The smallest absolute Gasteiger partial charge is 0.234 e. The number of ether oxygens (including phenoxy) is 2. The quantitative estimate of drug-likeness (QED) is 0.831. The number of likely N-dealkylation sites (N-methyl/N-ethyl adjacent to an activating group) is 1. The number of hydrogen-bond donors (Lipinski definition) is 1. The molecule has 0 aliphatic carbocycles. The van der Waals surface area contributed by atoms with Gasteiger partial charge in [0.05, 0.1) is 6.54 Å². The minimum Gasteiger partial charge on any atom is -0.486 e. The SMILES string of the molecule is CC(c1ccccc1)N(C)CC(=O)NCCc1ccc2c(c1)OCCO2. The Morgan fingerprint density at radius 2 is 1.85 bits per heavy atom. The van der Waals surface area contributed by atoms with Crippen molar-refractivity contribution in [3.8, 4) is 11.5 Å². The zero-order valence-electron chi connectivity index (χ0n) is 15.4. The molecule has 1 atom stereocenters. The second kappa shape index (κ2) is 8.72. The Kier molecular flexibility index (Phi) is 6.12. The van der Waals surface area contributed by atoms with Gasteiger partial charge in [0, 0.05) is 12.6 Å². The summed E-state index contributed by atoms with van der Waals surface area (Å²) in [7, 11) is 1.97. The molecule has 2 aromatic rings. The largest absolute Gasteiger partial charge is 0.486 e. The van der Waals surface area contributed by atoms with Gasteiger partial charge < -0.3 is 14.8 Å². The van der Waals surface area contributed by atoms with E-state index in [1.165, 1.54) is 5.56 Å². The van der Waals surface area contributed by atoms with Crippen molar-refractivity contribution in [3.63, 3.8) is 0 Å². The molecule has 0 bridgehead atoms. The first-order valence-electron chi connectivity index (χ1n) is 9.04. The molecule has 2 aromatic carbocycles. The molecule has 1 unspecified atom stereocenters. The van der Waals surface area contributed by atoms with E-state index in [0.29, 0.717) is 26.3 Å². The maximum atomic E-state index is 12.2. The maximum absolute atomic E-state index is 12.2. The van der Waals surface area contributed by atoms with Crippen LogP contribution in [0.4, 0.5) is 0 Å². The predicted molar refractivity (Wildman–Crippen MR) is 102 cm³/mol. The van der Waals surface area contributed by atoms with Crippen LogP contribution in [0.3, 0.4) is 0 Å². The highest BCUT2D eigenvalue weighted by Gasteiger charge is 2.15. The van der Waals surface area contributed by atoms with Gasteiger partial charge in [-0.15, -0.1) is 0 Å². The van der Waals surface area contributed by atoms with Gasteiger partial charge in [-0.3, -0.25) is 9.69 Å². The summed E-state index contributed by atoms with van der Waals surface area (Å²) in [4.78, 5) is 14.3. The highest BCUT2D eigenvalue weighted by molar-refractivity contribution is 5.78. The van der Waals surface area contributed by atoms with Crippen molar-refractivity contribution >= 4 is 5.91 Å². The molecule has 3 rings (SSSR count). The zero-order chi connectivity index (χ0) is 18.4. The minimum absolute atomic E-state index is 0.0350. The fraction of sp³-hybridized carbons (Fsp3) is 0.381. The molecule has 0 spiro atoms. The molecule has 5 nitrogen and oxygen atoms in total. The molecule has 138 valence electrons. The molecule has 0 saturated carbocycles. The van der Waals surface area contributed by atoms with Gasteiger partial charge in [-0.05, 0) is 43.7 Å². The highest BCUT2D eigenvalue weighted by Crippen LogP contribution is 2.30. The molecule has 1 aliphatic heterocycles. The van der Waals surface area contributed by atoms with Gasteiger partial charge in [0.1, 0.15) is 13.2 Å². The number of carbonyl (C=O) groups is 1. The Morgan fingerprint density at radius 1 is 1.12 bits per heavy atom. The third-order valence-corrected chi connectivity index (χ3v) is 4.68. The van der Waals surface area contributed by atoms with Gasteiger partial charge in [0.25, 0.3) is 0 Å². The maximum Gasteiger partial charge on any atom is 0.234 e. The molecule has 0 fully saturated rings. The minimum atomic E-state index is 0.0350. The van der Waals surface area contributed by atoms with Crippen molar-refractivity contribution < 1.29 is 14.3 Å². The molecule has 1 amide bonds. The van der Waals surface area contributed by atoms with E-state index in [0.717, 1.165) is 23.5 Å². The van der Waals surface area contributed by atoms with Crippen molar-refractivity contribution in [3.05, 3.63) is 59.7 Å². The predicted octanol–water partition coefficient (Wildman–Crippen LogP) is 2.81. The van der Waals surface area contributed by atoms with Crippen LogP contribution in [0.15, 0.2) is 48.5 Å². The van der Waals surface area contributed by atoms with Crippen molar-refractivity contribution in [2.24, 2.45) is 0 Å². The van der Waals surface area contributed by atoms with Crippen LogP contribution in [0, 0.1) is 0 Å². The summed E-state index contributed by atoms with van der Waals surface area (Å²) in [5, 5.41) is 3.00. The lowest BCUT2D eigenvalue weighted by atomic mass is 10.1. The third kappa shape index (κ3) is 4.76. The van der Waals surface area contributed by atoms with Crippen LogP contribution in [0.25, 0.3) is 0 Å². The van der Waals surface area contributed by atoms with Crippen LogP contribution in [0.1, 0.15) is 24.1 Å². The first kappa shape index (κ1) is 18.3. The van der Waals surface area contributed by atoms with Crippen molar-refractivity contribution in [1.29, 1.82) is 0 Å². The molecule has 1 heterocycles. The summed E-state index contributed by atoms with van der Waals surface area (Å²) in [6.45, 7) is 4.26. The summed E-state index contributed by atoms with van der Waals surface area (Å²) in [5.41, 5.74) is 2.33. The molecule has 1 aliphatic rings. The lowest BCUT2D eigenvalue weighted by Crippen LogP contribution is -2.37. The molecule has 1 N–H and O–H groups in total. The van der Waals surface area contributed by atoms with Gasteiger partial charge in [-0.25, -0.2) is 0 Å². The Hall–Kier alpha value is -2.53. The van der Waals surface area contributed by atoms with Gasteiger partial charge >= 0.3 is 0 Å². The van der Waals surface area contributed by atoms with Crippen molar-refractivity contribution in [2.45, 2.75) is 19.4 Å². The first-order valence-corrected chi connectivity index (χ1v) is 9.04. The van der Waals surface area contributed by atoms with Crippen LogP contribution in [0.5, 0.6) is 11.5 Å². The Balaban J connectivity index is 1.44. The van der Waals surface area contributed by atoms with E-state index >= 15 is 0 Å². The van der Waals surface area contributed by atoms with Crippen LogP contribution in [0.2, 0.25) is 0 Å². The average molecular weight is 354 g/mol. The van der Waals surface area contributed by atoms with Crippen molar-refractivity contribution in [1.82, 2.24) is 10.2 Å². The number of fused-ring (bicyclic) bond motifs is 1. The number of benzene rings is 2. The van der Waals surface area contributed by atoms with E-state index in [4.69, 9.17) is 9.47 Å². The van der Waals surface area contributed by atoms with Gasteiger partial charge in [-0.2, -0.15) is 0 Å². The number of carbonyl (C=O) groups excluding carboxylic acids is 1. The Bertz CT molecular complexity index is 733. The van der Waals surface area contributed by atoms with Gasteiger partial charge in [0.2, 0.25) is 5.91 Å². The highest BCUT2D eigenvalue weighted by atomic mass is 16.6. The van der Waals surface area contributed by atoms with Gasteiger partial charge in [0.15, 0.2) is 11.5 Å².